The highest BCUT2D eigenvalue weighted by Gasteiger charge is 2.28. The van der Waals surface area contributed by atoms with Crippen molar-refractivity contribution in [2.45, 2.75) is 38.8 Å². The second-order valence-electron chi connectivity index (χ2n) is 6.75. The standard InChI is InChI=1S/C18H24N4O2S/c1-11(19)18(24)22-7-5-13(6-8-22)12(2)21-17(23)14-3-4-15-16(9-14)25-10-20-15/h3-4,9-13H,5-8,19H2,1-2H3,(H,21,23). The number of nitrogens with two attached hydrogens (primary N) is 1. The molecule has 25 heavy (non-hydrogen) atoms. The molecule has 0 bridgehead atoms. The molecule has 0 aliphatic carbocycles. The number of fused-ring (bicyclic) bond motifs is 1. The van der Waals surface area contributed by atoms with Gasteiger partial charge in [-0.1, -0.05) is 0 Å². The number of nitrogens with one attached hydrogen (secondary N) is 1. The molecular weight excluding hydrogens is 336 g/mol. The molecule has 2 aromatic rings. The van der Waals surface area contributed by atoms with Crippen LogP contribution in [0.3, 0.4) is 0 Å². The highest BCUT2D eigenvalue weighted by atomic mass is 32.1. The lowest BCUT2D eigenvalue weighted by molar-refractivity contribution is -0.133. The van der Waals surface area contributed by atoms with Gasteiger partial charge in [-0.05, 0) is 50.8 Å². The van der Waals surface area contributed by atoms with Gasteiger partial charge in [-0.2, -0.15) is 0 Å². The first-order valence-corrected chi connectivity index (χ1v) is 9.52. The van der Waals surface area contributed by atoms with E-state index in [0.29, 0.717) is 24.6 Å². The number of carbonyl (C=O) groups excluding carboxylic acids is 2. The van der Waals surface area contributed by atoms with Crippen LogP contribution in [-0.4, -0.2) is 46.9 Å². The molecule has 1 aliphatic heterocycles. The van der Waals surface area contributed by atoms with Gasteiger partial charge in [0.15, 0.2) is 0 Å². The van der Waals surface area contributed by atoms with Gasteiger partial charge in [0.1, 0.15) is 0 Å². The molecule has 2 heterocycles. The van der Waals surface area contributed by atoms with E-state index in [2.05, 4.69) is 10.3 Å². The molecule has 2 atom stereocenters. The minimum atomic E-state index is -0.449. The van der Waals surface area contributed by atoms with E-state index in [9.17, 15) is 9.59 Å². The molecule has 6 nitrogen and oxygen atoms in total. The maximum atomic E-state index is 12.5. The Labute approximate surface area is 151 Å². The van der Waals surface area contributed by atoms with Crippen molar-refractivity contribution in [3.8, 4) is 0 Å². The van der Waals surface area contributed by atoms with Crippen LogP contribution in [0.5, 0.6) is 0 Å². The molecule has 1 saturated heterocycles. The van der Waals surface area contributed by atoms with Crippen molar-refractivity contribution < 1.29 is 9.59 Å². The molecule has 2 amide bonds. The van der Waals surface area contributed by atoms with E-state index >= 15 is 0 Å². The Bertz CT molecular complexity index is 765. The van der Waals surface area contributed by atoms with Crippen molar-refractivity contribution in [3.05, 3.63) is 29.3 Å². The average Bonchev–Trinajstić information content (AvgIpc) is 3.08. The van der Waals surface area contributed by atoms with Crippen molar-refractivity contribution in [2.75, 3.05) is 13.1 Å². The molecule has 0 spiro atoms. The van der Waals surface area contributed by atoms with Crippen LogP contribution in [-0.2, 0) is 4.79 Å². The average molecular weight is 360 g/mol. The molecule has 0 radical (unpaired) electrons. The zero-order valence-corrected chi connectivity index (χ0v) is 15.4. The zero-order chi connectivity index (χ0) is 18.0. The number of piperidine rings is 1. The second kappa shape index (κ2) is 7.49. The smallest absolute Gasteiger partial charge is 0.251 e. The monoisotopic (exact) mass is 360 g/mol. The summed E-state index contributed by atoms with van der Waals surface area (Å²) in [4.78, 5) is 30.5. The van der Waals surface area contributed by atoms with E-state index in [1.807, 2.05) is 30.0 Å². The fraction of sp³-hybridized carbons (Fsp3) is 0.500. The predicted molar refractivity (Wildman–Crippen MR) is 99.5 cm³/mol. The first kappa shape index (κ1) is 17.8. The van der Waals surface area contributed by atoms with Crippen LogP contribution in [0, 0.1) is 5.92 Å². The first-order chi connectivity index (χ1) is 12.0. The number of benzene rings is 1. The van der Waals surface area contributed by atoms with Crippen LogP contribution >= 0.6 is 11.3 Å². The number of likely N-dealkylation sites (tertiary alicyclic amines) is 1. The molecule has 3 N–H and O–H groups in total. The van der Waals surface area contributed by atoms with Gasteiger partial charge in [0.25, 0.3) is 5.91 Å². The van der Waals surface area contributed by atoms with Gasteiger partial charge in [-0.3, -0.25) is 9.59 Å². The molecule has 1 fully saturated rings. The Kier molecular flexibility index (Phi) is 5.34. The number of nitrogens with zero attached hydrogens (tertiary/aromatic N) is 2. The van der Waals surface area contributed by atoms with Crippen LogP contribution in [0.4, 0.5) is 0 Å². The van der Waals surface area contributed by atoms with Gasteiger partial charge in [0.05, 0.1) is 21.8 Å². The minimum absolute atomic E-state index is 0.00741. The highest BCUT2D eigenvalue weighted by molar-refractivity contribution is 7.16. The number of hydrogen-bond acceptors (Lipinski definition) is 5. The number of carbonyl (C=O) groups is 2. The van der Waals surface area contributed by atoms with Crippen LogP contribution in [0.25, 0.3) is 10.2 Å². The third-order valence-electron chi connectivity index (χ3n) is 4.90. The third kappa shape index (κ3) is 3.99. The summed E-state index contributed by atoms with van der Waals surface area (Å²) >= 11 is 1.53. The van der Waals surface area contributed by atoms with Gasteiger partial charge >= 0.3 is 0 Å². The van der Waals surface area contributed by atoms with Gasteiger partial charge in [-0.15, -0.1) is 11.3 Å². The summed E-state index contributed by atoms with van der Waals surface area (Å²) in [5.41, 5.74) is 9.03. The molecule has 3 rings (SSSR count). The molecule has 1 aromatic carbocycles. The zero-order valence-electron chi connectivity index (χ0n) is 14.6. The molecule has 0 saturated carbocycles. The Hall–Kier alpha value is -1.99. The SMILES string of the molecule is CC(N)C(=O)N1CCC(C(C)NC(=O)c2ccc3ncsc3c2)CC1. The maximum absolute atomic E-state index is 12.5. The Balaban J connectivity index is 1.56. The largest absolute Gasteiger partial charge is 0.349 e. The Morgan fingerprint density at radius 2 is 2.04 bits per heavy atom. The van der Waals surface area contributed by atoms with Crippen molar-refractivity contribution in [1.82, 2.24) is 15.2 Å². The third-order valence-corrected chi connectivity index (χ3v) is 5.69. The lowest BCUT2D eigenvalue weighted by atomic mass is 9.90. The van der Waals surface area contributed by atoms with E-state index in [-0.39, 0.29) is 17.9 Å². The minimum Gasteiger partial charge on any atom is -0.349 e. The maximum Gasteiger partial charge on any atom is 0.251 e. The fourth-order valence-corrected chi connectivity index (χ4v) is 4.03. The Morgan fingerprint density at radius 3 is 2.72 bits per heavy atom. The van der Waals surface area contributed by atoms with Crippen molar-refractivity contribution in [1.29, 1.82) is 0 Å². The van der Waals surface area contributed by atoms with Crippen LogP contribution < -0.4 is 11.1 Å². The van der Waals surface area contributed by atoms with Crippen molar-refractivity contribution >= 4 is 33.4 Å². The number of amides is 2. The molecule has 2 unspecified atom stereocenters. The number of rotatable bonds is 4. The topological polar surface area (TPSA) is 88.3 Å². The van der Waals surface area contributed by atoms with E-state index in [0.717, 1.165) is 23.1 Å². The summed E-state index contributed by atoms with van der Waals surface area (Å²) < 4.78 is 1.02. The van der Waals surface area contributed by atoms with Gasteiger partial charge in [0.2, 0.25) is 5.91 Å². The highest BCUT2D eigenvalue weighted by Crippen LogP contribution is 2.22. The van der Waals surface area contributed by atoms with Gasteiger partial charge < -0.3 is 16.0 Å². The fourth-order valence-electron chi connectivity index (χ4n) is 3.31. The summed E-state index contributed by atoms with van der Waals surface area (Å²) in [6.45, 7) is 5.17. The normalized spacial score (nSPS) is 18.1. The molecule has 1 aliphatic rings. The number of hydrogen-bond donors (Lipinski definition) is 2. The quantitative estimate of drug-likeness (QED) is 0.873. The summed E-state index contributed by atoms with van der Waals surface area (Å²) in [5, 5.41) is 3.11. The number of aromatic nitrogens is 1. The molecule has 134 valence electrons. The van der Waals surface area contributed by atoms with Gasteiger partial charge in [-0.25, -0.2) is 4.98 Å². The van der Waals surface area contributed by atoms with Gasteiger partial charge in [0, 0.05) is 24.7 Å². The van der Waals surface area contributed by atoms with E-state index in [1.54, 1.807) is 12.4 Å². The van der Waals surface area contributed by atoms with Crippen molar-refractivity contribution in [3.63, 3.8) is 0 Å². The van der Waals surface area contributed by atoms with E-state index < -0.39 is 6.04 Å². The second-order valence-corrected chi connectivity index (χ2v) is 7.63. The summed E-state index contributed by atoms with van der Waals surface area (Å²) in [5.74, 6) is 0.318. The van der Waals surface area contributed by atoms with E-state index in [1.165, 1.54) is 11.3 Å². The molecular formula is C18H24N4O2S. The van der Waals surface area contributed by atoms with Crippen LogP contribution in [0.15, 0.2) is 23.7 Å². The molecule has 7 heteroatoms. The van der Waals surface area contributed by atoms with Crippen molar-refractivity contribution in [2.24, 2.45) is 11.7 Å². The molecule has 1 aromatic heterocycles. The summed E-state index contributed by atoms with van der Waals surface area (Å²) in [6.07, 6.45) is 1.77. The lowest BCUT2D eigenvalue weighted by Crippen LogP contribution is -2.49. The predicted octanol–water partition coefficient (Wildman–Crippen LogP) is 2.00. The lowest BCUT2D eigenvalue weighted by Gasteiger charge is -2.35. The van der Waals surface area contributed by atoms with E-state index in [4.69, 9.17) is 5.73 Å². The summed E-state index contributed by atoms with van der Waals surface area (Å²) in [7, 11) is 0. The Morgan fingerprint density at radius 1 is 1.32 bits per heavy atom. The van der Waals surface area contributed by atoms with Crippen LogP contribution in [0.1, 0.15) is 37.0 Å². The number of thiazole rings is 1. The summed E-state index contributed by atoms with van der Waals surface area (Å²) in [6, 6.07) is 5.20. The van der Waals surface area contributed by atoms with Crippen LogP contribution in [0.2, 0.25) is 0 Å². The first-order valence-electron chi connectivity index (χ1n) is 8.64.